The van der Waals surface area contributed by atoms with Crippen LogP contribution in [-0.4, -0.2) is 79.3 Å². The van der Waals surface area contributed by atoms with E-state index in [-0.39, 0.29) is 18.3 Å². The van der Waals surface area contributed by atoms with Gasteiger partial charge in [0.2, 0.25) is 0 Å². The van der Waals surface area contributed by atoms with E-state index in [1.54, 1.807) is 25.3 Å². The second-order valence-corrected chi connectivity index (χ2v) is 8.41. The highest BCUT2D eigenvalue weighted by atomic mass is 32.1. The predicted molar refractivity (Wildman–Crippen MR) is 136 cm³/mol. The monoisotopic (exact) mass is 486 g/mol. The Balaban J connectivity index is 0.000000310. The van der Waals surface area contributed by atoms with Crippen LogP contribution in [0.3, 0.4) is 0 Å². The third-order valence-electron chi connectivity index (χ3n) is 5.28. The molecular formula is C24H34N6O3S. The molecule has 3 N–H and O–H groups in total. The molecule has 3 rings (SSSR count). The number of nitrogens with two attached hydrogens (primary N) is 1. The van der Waals surface area contributed by atoms with Crippen molar-refractivity contribution >= 4 is 30.3 Å². The topological polar surface area (TPSA) is 113 Å². The highest BCUT2D eigenvalue weighted by molar-refractivity contribution is 7.80. The number of nitrogens with zero attached hydrogens (tertiary/aromatic N) is 4. The number of rotatable bonds is 5. The van der Waals surface area contributed by atoms with E-state index < -0.39 is 5.91 Å². The van der Waals surface area contributed by atoms with Crippen molar-refractivity contribution in [2.75, 3.05) is 46.9 Å². The number of nitrogens with one attached hydrogen (secondary N) is 1. The van der Waals surface area contributed by atoms with Crippen LogP contribution >= 0.6 is 12.6 Å². The number of pyridine rings is 1. The summed E-state index contributed by atoms with van der Waals surface area (Å²) in [6.07, 6.45) is 3.59. The Hall–Kier alpha value is -2.95. The number of piperazine rings is 1. The number of amides is 2. The molecule has 0 aliphatic carbocycles. The van der Waals surface area contributed by atoms with Crippen molar-refractivity contribution in [3.05, 3.63) is 53.3 Å². The molecule has 1 aliphatic heterocycles. The van der Waals surface area contributed by atoms with Gasteiger partial charge in [-0.2, -0.15) is 4.99 Å². The highest BCUT2D eigenvalue weighted by Crippen LogP contribution is 2.23. The lowest BCUT2D eigenvalue weighted by molar-refractivity contribution is -0.126. The largest absolute Gasteiger partial charge is 0.497 e. The highest BCUT2D eigenvalue weighted by Gasteiger charge is 2.23. The van der Waals surface area contributed by atoms with Gasteiger partial charge in [-0.1, -0.05) is 6.07 Å². The van der Waals surface area contributed by atoms with Crippen molar-refractivity contribution < 1.29 is 14.3 Å². The molecule has 184 valence electrons. The zero-order valence-electron chi connectivity index (χ0n) is 20.2. The fourth-order valence-electron chi connectivity index (χ4n) is 3.43. The molecule has 1 aliphatic rings. The van der Waals surface area contributed by atoms with Gasteiger partial charge in [0.1, 0.15) is 5.75 Å². The summed E-state index contributed by atoms with van der Waals surface area (Å²) in [7, 11) is 3.30. The Labute approximate surface area is 206 Å². The first-order chi connectivity index (χ1) is 16.2. The normalized spacial score (nSPS) is 14.3. The summed E-state index contributed by atoms with van der Waals surface area (Å²) in [5.41, 5.74) is 9.09. The van der Waals surface area contributed by atoms with E-state index >= 15 is 0 Å². The van der Waals surface area contributed by atoms with E-state index in [0.717, 1.165) is 47.0 Å². The van der Waals surface area contributed by atoms with Gasteiger partial charge in [-0.3, -0.25) is 19.5 Å². The Morgan fingerprint density at radius 2 is 1.85 bits per heavy atom. The summed E-state index contributed by atoms with van der Waals surface area (Å²) in [5, 5.41) is 2.67. The quantitative estimate of drug-likeness (QED) is 0.333. The van der Waals surface area contributed by atoms with Gasteiger partial charge in [0.25, 0.3) is 11.8 Å². The van der Waals surface area contributed by atoms with Gasteiger partial charge >= 0.3 is 0 Å². The van der Waals surface area contributed by atoms with E-state index in [1.807, 2.05) is 44.3 Å². The van der Waals surface area contributed by atoms with Crippen LogP contribution in [0.2, 0.25) is 0 Å². The van der Waals surface area contributed by atoms with Crippen LogP contribution in [0.1, 0.15) is 16.7 Å². The van der Waals surface area contributed by atoms with Crippen molar-refractivity contribution in [2.45, 2.75) is 25.3 Å². The number of hydrogen-bond donors (Lipinski definition) is 3. The molecule has 34 heavy (non-hydrogen) atoms. The van der Waals surface area contributed by atoms with Gasteiger partial charge in [-0.05, 0) is 55.8 Å². The maximum absolute atomic E-state index is 12.2. The lowest BCUT2D eigenvalue weighted by Crippen LogP contribution is -2.51. The molecule has 0 saturated carbocycles. The fourth-order valence-corrected chi connectivity index (χ4v) is 3.56. The van der Waals surface area contributed by atoms with Crippen LogP contribution in [0.4, 0.5) is 0 Å². The number of aryl methyl sites for hydroxylation is 2. The first kappa shape index (κ1) is 27.3. The first-order valence-corrected chi connectivity index (χ1v) is 11.5. The number of aromatic nitrogens is 1. The third-order valence-corrected chi connectivity index (χ3v) is 5.99. The molecule has 9 nitrogen and oxygen atoms in total. The molecule has 1 fully saturated rings. The summed E-state index contributed by atoms with van der Waals surface area (Å²) >= 11 is 4.34. The number of likely N-dealkylation sites (N-methyl/N-ethyl adjacent to an activating group) is 1. The van der Waals surface area contributed by atoms with Crippen LogP contribution < -0.4 is 15.8 Å². The summed E-state index contributed by atoms with van der Waals surface area (Å²) in [4.78, 5) is 36.2. The molecule has 0 bridgehead atoms. The van der Waals surface area contributed by atoms with E-state index in [4.69, 9.17) is 10.5 Å². The minimum Gasteiger partial charge on any atom is -0.497 e. The Bertz CT molecular complexity index is 968. The summed E-state index contributed by atoms with van der Waals surface area (Å²) in [6.45, 7) is 7.55. The SMILES string of the molecule is CNCC(=O)N=C(N)C(=O)N1CCN(Cc2cccnc2)CC1.COc1cc(C)c(S)c(C)c1. The average Bonchev–Trinajstić information content (AvgIpc) is 2.83. The van der Waals surface area contributed by atoms with Crippen LogP contribution in [0.5, 0.6) is 5.75 Å². The summed E-state index contributed by atoms with van der Waals surface area (Å²) < 4.78 is 5.10. The first-order valence-electron chi connectivity index (χ1n) is 11.0. The smallest absolute Gasteiger partial charge is 0.289 e. The Morgan fingerprint density at radius 1 is 1.21 bits per heavy atom. The molecular weight excluding hydrogens is 452 g/mol. The zero-order chi connectivity index (χ0) is 25.1. The molecule has 2 amide bonds. The molecule has 1 aromatic heterocycles. The van der Waals surface area contributed by atoms with Crippen LogP contribution in [0.25, 0.3) is 0 Å². The maximum atomic E-state index is 12.2. The Kier molecular flexibility index (Phi) is 11.0. The number of ether oxygens (including phenoxy) is 1. The molecule has 0 radical (unpaired) electrons. The van der Waals surface area contributed by atoms with Gasteiger partial charge in [-0.15, -0.1) is 12.6 Å². The molecule has 1 saturated heterocycles. The third kappa shape index (κ3) is 8.44. The van der Waals surface area contributed by atoms with E-state index in [1.165, 1.54) is 0 Å². The minimum atomic E-state index is -0.450. The number of hydrogen-bond acceptors (Lipinski definition) is 7. The number of carbonyl (C=O) groups excluding carboxylic acids is 2. The van der Waals surface area contributed by atoms with Gasteiger partial charge in [0.15, 0.2) is 5.84 Å². The summed E-state index contributed by atoms with van der Waals surface area (Å²) in [6, 6.07) is 7.90. The second-order valence-electron chi connectivity index (χ2n) is 7.96. The molecule has 2 heterocycles. The molecule has 1 aromatic carbocycles. The van der Waals surface area contributed by atoms with Crippen molar-refractivity contribution in [1.82, 2.24) is 20.1 Å². The van der Waals surface area contributed by atoms with Crippen LogP contribution in [0, 0.1) is 13.8 Å². The number of methoxy groups -OCH3 is 1. The summed E-state index contributed by atoms with van der Waals surface area (Å²) in [5.74, 6) is -0.173. The van der Waals surface area contributed by atoms with Crippen LogP contribution in [-0.2, 0) is 16.1 Å². The minimum absolute atomic E-state index is 0.0624. The number of amidine groups is 1. The lowest BCUT2D eigenvalue weighted by atomic mass is 10.1. The van der Waals surface area contributed by atoms with Crippen molar-refractivity contribution in [1.29, 1.82) is 0 Å². The standard InChI is InChI=1S/C15H22N6O2.C9H12OS/c1-17-10-13(22)19-14(16)15(23)21-7-5-20(6-8-21)11-12-3-2-4-18-9-12;1-6-4-8(10-3)5-7(2)9(6)11/h2-4,9,17H,5-8,10-11H2,1H3,(H2,16,19,22);4-5,11H,1-3H3. The van der Waals surface area contributed by atoms with Crippen molar-refractivity contribution in [3.63, 3.8) is 0 Å². The van der Waals surface area contributed by atoms with Gasteiger partial charge in [0.05, 0.1) is 13.7 Å². The lowest BCUT2D eigenvalue weighted by Gasteiger charge is -2.34. The second kappa shape index (κ2) is 13.7. The fraction of sp³-hybridized carbons (Fsp3) is 0.417. The maximum Gasteiger partial charge on any atom is 0.289 e. The number of thiol groups is 1. The molecule has 2 aromatic rings. The Morgan fingerprint density at radius 3 is 2.38 bits per heavy atom. The number of carbonyl (C=O) groups is 2. The molecule has 0 unspecified atom stereocenters. The van der Waals surface area contributed by atoms with Gasteiger partial charge in [0, 0.05) is 50.0 Å². The van der Waals surface area contributed by atoms with E-state index in [0.29, 0.717) is 13.1 Å². The van der Waals surface area contributed by atoms with E-state index in [9.17, 15) is 9.59 Å². The molecule has 10 heteroatoms. The van der Waals surface area contributed by atoms with Gasteiger partial charge in [-0.25, -0.2) is 0 Å². The number of benzene rings is 1. The molecule has 0 spiro atoms. The van der Waals surface area contributed by atoms with E-state index in [2.05, 4.69) is 32.8 Å². The zero-order valence-corrected chi connectivity index (χ0v) is 21.1. The number of aliphatic imine (C=N–C) groups is 1. The predicted octanol–water partition coefficient (Wildman–Crippen LogP) is 1.43. The van der Waals surface area contributed by atoms with Crippen LogP contribution in [0.15, 0.2) is 46.5 Å². The van der Waals surface area contributed by atoms with Crippen molar-refractivity contribution in [3.8, 4) is 5.75 Å². The van der Waals surface area contributed by atoms with Crippen molar-refractivity contribution in [2.24, 2.45) is 10.7 Å². The van der Waals surface area contributed by atoms with Gasteiger partial charge < -0.3 is 20.7 Å². The average molecular weight is 487 g/mol. The molecule has 0 atom stereocenters.